The molecule has 0 radical (unpaired) electrons. The molecule has 0 aliphatic carbocycles. The molecule has 114 valence electrons. The summed E-state index contributed by atoms with van der Waals surface area (Å²) in [6.45, 7) is 7.24. The molecule has 0 spiro atoms. The Balaban J connectivity index is 1.99. The van der Waals surface area contributed by atoms with Crippen molar-refractivity contribution in [1.82, 2.24) is 4.90 Å². The van der Waals surface area contributed by atoms with Gasteiger partial charge in [-0.2, -0.15) is 0 Å². The smallest absolute Gasteiger partial charge is 0.227 e. The first-order valence-electron chi connectivity index (χ1n) is 7.59. The topological polar surface area (TPSA) is 61.9 Å². The lowest BCUT2D eigenvalue weighted by atomic mass is 10.2. The number of anilines is 1. The van der Waals surface area contributed by atoms with Gasteiger partial charge in [0, 0.05) is 31.7 Å². The van der Waals surface area contributed by atoms with Crippen LogP contribution in [-0.2, 0) is 11.3 Å². The second-order valence-corrected chi connectivity index (χ2v) is 5.16. The Morgan fingerprint density at radius 2 is 1.95 bits per heavy atom. The number of carbonyl (C=O) groups is 1. The standard InChI is InChI=1S/C16H24N4O/c1-3-19(4-2)16(17)18-12-13-7-9-14(10-8-13)20-11-5-6-15(20)21/h7-10H,3-6,11-12H2,1-2H3,(H2,17,18). The van der Waals surface area contributed by atoms with E-state index in [4.69, 9.17) is 5.73 Å². The average molecular weight is 288 g/mol. The third-order valence-electron chi connectivity index (χ3n) is 3.83. The summed E-state index contributed by atoms with van der Waals surface area (Å²) < 4.78 is 0. The number of nitrogens with two attached hydrogens (primary N) is 1. The molecule has 0 bridgehead atoms. The van der Waals surface area contributed by atoms with Crippen LogP contribution in [0.15, 0.2) is 29.3 Å². The van der Waals surface area contributed by atoms with Crippen molar-refractivity contribution in [1.29, 1.82) is 0 Å². The second-order valence-electron chi connectivity index (χ2n) is 5.16. The highest BCUT2D eigenvalue weighted by Gasteiger charge is 2.21. The number of hydrogen-bond donors (Lipinski definition) is 1. The molecule has 1 amide bonds. The summed E-state index contributed by atoms with van der Waals surface area (Å²) >= 11 is 0. The largest absolute Gasteiger partial charge is 0.370 e. The van der Waals surface area contributed by atoms with E-state index in [0.717, 1.165) is 37.3 Å². The van der Waals surface area contributed by atoms with Crippen molar-refractivity contribution < 1.29 is 4.79 Å². The molecular formula is C16H24N4O. The zero-order chi connectivity index (χ0) is 15.2. The molecule has 0 aromatic heterocycles. The quantitative estimate of drug-likeness (QED) is 0.665. The molecule has 2 N–H and O–H groups in total. The van der Waals surface area contributed by atoms with E-state index >= 15 is 0 Å². The van der Waals surface area contributed by atoms with Gasteiger partial charge in [0.15, 0.2) is 5.96 Å². The first-order chi connectivity index (χ1) is 10.2. The number of hydrogen-bond acceptors (Lipinski definition) is 2. The Morgan fingerprint density at radius 3 is 2.48 bits per heavy atom. The molecule has 1 saturated heterocycles. The van der Waals surface area contributed by atoms with E-state index in [2.05, 4.69) is 18.8 Å². The van der Waals surface area contributed by atoms with Crippen LogP contribution in [0.25, 0.3) is 0 Å². The fraction of sp³-hybridized carbons (Fsp3) is 0.500. The third-order valence-corrected chi connectivity index (χ3v) is 3.83. The van der Waals surface area contributed by atoms with Gasteiger partial charge in [-0.3, -0.25) is 4.79 Å². The van der Waals surface area contributed by atoms with Crippen LogP contribution >= 0.6 is 0 Å². The summed E-state index contributed by atoms with van der Waals surface area (Å²) in [6, 6.07) is 8.00. The van der Waals surface area contributed by atoms with E-state index in [1.165, 1.54) is 0 Å². The number of amides is 1. The van der Waals surface area contributed by atoms with Crippen molar-refractivity contribution in [2.24, 2.45) is 10.7 Å². The molecule has 2 rings (SSSR count). The van der Waals surface area contributed by atoms with Gasteiger partial charge in [-0.1, -0.05) is 12.1 Å². The number of guanidine groups is 1. The van der Waals surface area contributed by atoms with Crippen molar-refractivity contribution in [3.63, 3.8) is 0 Å². The van der Waals surface area contributed by atoms with Crippen LogP contribution < -0.4 is 10.6 Å². The van der Waals surface area contributed by atoms with Gasteiger partial charge in [-0.25, -0.2) is 4.99 Å². The molecule has 0 unspecified atom stereocenters. The second kappa shape index (κ2) is 7.11. The summed E-state index contributed by atoms with van der Waals surface area (Å²) in [5.74, 6) is 0.797. The van der Waals surface area contributed by atoms with Gasteiger partial charge >= 0.3 is 0 Å². The van der Waals surface area contributed by atoms with E-state index in [-0.39, 0.29) is 5.91 Å². The molecule has 1 aliphatic heterocycles. The van der Waals surface area contributed by atoms with Crippen molar-refractivity contribution in [2.45, 2.75) is 33.2 Å². The molecule has 1 aliphatic rings. The van der Waals surface area contributed by atoms with Crippen LogP contribution in [0.2, 0.25) is 0 Å². The first-order valence-corrected chi connectivity index (χ1v) is 7.59. The Kier molecular flexibility index (Phi) is 5.20. The van der Waals surface area contributed by atoms with Crippen LogP contribution in [0, 0.1) is 0 Å². The molecule has 1 fully saturated rings. The Hall–Kier alpha value is -2.04. The maximum Gasteiger partial charge on any atom is 0.227 e. The van der Waals surface area contributed by atoms with Gasteiger partial charge in [0.25, 0.3) is 0 Å². The summed E-state index contributed by atoms with van der Waals surface area (Å²) in [7, 11) is 0. The van der Waals surface area contributed by atoms with E-state index in [1.807, 2.05) is 34.1 Å². The lowest BCUT2D eigenvalue weighted by Crippen LogP contribution is -2.37. The van der Waals surface area contributed by atoms with Crippen LogP contribution in [-0.4, -0.2) is 36.4 Å². The van der Waals surface area contributed by atoms with Gasteiger partial charge in [-0.05, 0) is 38.0 Å². The van der Waals surface area contributed by atoms with Crippen LogP contribution in [0.3, 0.4) is 0 Å². The minimum absolute atomic E-state index is 0.214. The lowest BCUT2D eigenvalue weighted by Gasteiger charge is -2.19. The van der Waals surface area contributed by atoms with Gasteiger partial charge < -0.3 is 15.5 Å². The molecule has 1 heterocycles. The summed E-state index contributed by atoms with van der Waals surface area (Å²) in [4.78, 5) is 20.0. The Morgan fingerprint density at radius 1 is 1.29 bits per heavy atom. The normalized spacial score (nSPS) is 15.6. The Bertz CT molecular complexity index is 506. The minimum atomic E-state index is 0.214. The fourth-order valence-corrected chi connectivity index (χ4v) is 2.52. The maximum absolute atomic E-state index is 11.7. The average Bonchev–Trinajstić information content (AvgIpc) is 2.93. The summed E-state index contributed by atoms with van der Waals surface area (Å²) in [5.41, 5.74) is 8.03. The van der Waals surface area contributed by atoms with Gasteiger partial charge in [-0.15, -0.1) is 0 Å². The summed E-state index contributed by atoms with van der Waals surface area (Å²) in [6.07, 6.45) is 1.61. The molecule has 5 heteroatoms. The molecule has 1 aromatic carbocycles. The molecule has 0 atom stereocenters. The molecular weight excluding hydrogens is 264 g/mol. The van der Waals surface area contributed by atoms with Gasteiger partial charge in [0.05, 0.1) is 6.54 Å². The number of rotatable bonds is 5. The molecule has 21 heavy (non-hydrogen) atoms. The predicted octanol–water partition coefficient (Wildman–Crippen LogP) is 1.97. The van der Waals surface area contributed by atoms with Gasteiger partial charge in [0.2, 0.25) is 5.91 Å². The molecule has 5 nitrogen and oxygen atoms in total. The van der Waals surface area contributed by atoms with Crippen molar-refractivity contribution in [3.05, 3.63) is 29.8 Å². The van der Waals surface area contributed by atoms with Crippen molar-refractivity contribution in [2.75, 3.05) is 24.5 Å². The van der Waals surface area contributed by atoms with E-state index in [9.17, 15) is 4.79 Å². The van der Waals surface area contributed by atoms with Crippen LogP contribution in [0.1, 0.15) is 32.3 Å². The number of nitrogens with zero attached hydrogens (tertiary/aromatic N) is 3. The van der Waals surface area contributed by atoms with Crippen LogP contribution in [0.4, 0.5) is 5.69 Å². The SMILES string of the molecule is CCN(CC)C(N)=NCc1ccc(N2CCCC2=O)cc1. The van der Waals surface area contributed by atoms with Gasteiger partial charge in [0.1, 0.15) is 0 Å². The zero-order valence-corrected chi connectivity index (χ0v) is 12.9. The van der Waals surface area contributed by atoms with Crippen LogP contribution in [0.5, 0.6) is 0 Å². The lowest BCUT2D eigenvalue weighted by molar-refractivity contribution is -0.117. The Labute approximate surface area is 126 Å². The maximum atomic E-state index is 11.7. The minimum Gasteiger partial charge on any atom is -0.370 e. The highest BCUT2D eigenvalue weighted by atomic mass is 16.2. The molecule has 0 saturated carbocycles. The van der Waals surface area contributed by atoms with Crippen molar-refractivity contribution >= 4 is 17.6 Å². The van der Waals surface area contributed by atoms with E-state index in [1.54, 1.807) is 0 Å². The monoisotopic (exact) mass is 288 g/mol. The fourth-order valence-electron chi connectivity index (χ4n) is 2.52. The highest BCUT2D eigenvalue weighted by molar-refractivity contribution is 5.95. The molecule has 1 aromatic rings. The zero-order valence-electron chi connectivity index (χ0n) is 12.9. The number of aliphatic imine (C=N–C) groups is 1. The third kappa shape index (κ3) is 3.74. The highest BCUT2D eigenvalue weighted by Crippen LogP contribution is 2.21. The first kappa shape index (κ1) is 15.4. The van der Waals surface area contributed by atoms with E-state index in [0.29, 0.717) is 18.9 Å². The summed E-state index contributed by atoms with van der Waals surface area (Å²) in [5, 5.41) is 0. The van der Waals surface area contributed by atoms with Crippen molar-refractivity contribution in [3.8, 4) is 0 Å². The number of benzene rings is 1. The number of carbonyl (C=O) groups excluding carboxylic acids is 1. The predicted molar refractivity (Wildman–Crippen MR) is 86.3 cm³/mol. The van der Waals surface area contributed by atoms with E-state index < -0.39 is 0 Å².